The van der Waals surface area contributed by atoms with Crippen LogP contribution in [0, 0.1) is 0 Å². The van der Waals surface area contributed by atoms with Gasteiger partial charge in [-0.15, -0.1) is 0 Å². The van der Waals surface area contributed by atoms with Crippen molar-refractivity contribution in [2.24, 2.45) is 0 Å². The molecule has 0 saturated carbocycles. The second-order valence-corrected chi connectivity index (χ2v) is 8.20. The molecule has 0 aliphatic heterocycles. The minimum atomic E-state index is -3.14. The number of hydrogen-bond donors (Lipinski definition) is 1. The molecule has 2 atom stereocenters. The van der Waals surface area contributed by atoms with Gasteiger partial charge in [0.05, 0.1) is 10.6 Å². The average Bonchev–Trinajstić information content (AvgIpc) is 2.36. The molecule has 18 heavy (non-hydrogen) atoms. The van der Waals surface area contributed by atoms with E-state index in [2.05, 4.69) is 5.32 Å². The van der Waals surface area contributed by atoms with Crippen LogP contribution < -0.4 is 5.32 Å². The Labute approximate surface area is 111 Å². The van der Waals surface area contributed by atoms with Crippen molar-refractivity contribution < 1.29 is 12.6 Å². The van der Waals surface area contributed by atoms with Gasteiger partial charge in [-0.3, -0.25) is 4.21 Å². The molecule has 102 valence electrons. The van der Waals surface area contributed by atoms with Crippen LogP contribution in [0.2, 0.25) is 0 Å². The van der Waals surface area contributed by atoms with Crippen molar-refractivity contribution in [3.63, 3.8) is 0 Å². The maximum atomic E-state index is 11.6. The number of anilines is 1. The number of sulfone groups is 1. The van der Waals surface area contributed by atoms with Crippen LogP contribution in [0.3, 0.4) is 0 Å². The molecule has 1 rings (SSSR count). The molecule has 1 aromatic carbocycles. The third kappa shape index (κ3) is 4.10. The lowest BCUT2D eigenvalue weighted by Crippen LogP contribution is -2.20. The van der Waals surface area contributed by atoms with Crippen molar-refractivity contribution in [3.05, 3.63) is 24.3 Å². The zero-order chi connectivity index (χ0) is 13.8. The average molecular weight is 289 g/mol. The van der Waals surface area contributed by atoms with E-state index in [0.29, 0.717) is 11.4 Å². The Morgan fingerprint density at radius 3 is 2.28 bits per heavy atom. The van der Waals surface area contributed by atoms with Crippen molar-refractivity contribution in [1.82, 2.24) is 0 Å². The molecule has 0 heterocycles. The van der Waals surface area contributed by atoms with E-state index in [1.54, 1.807) is 37.4 Å². The predicted octanol–water partition coefficient (Wildman–Crippen LogP) is 1.66. The normalized spacial score (nSPS) is 15.1. The van der Waals surface area contributed by atoms with Gasteiger partial charge in [-0.1, -0.05) is 6.92 Å². The van der Waals surface area contributed by atoms with E-state index in [4.69, 9.17) is 0 Å². The quantitative estimate of drug-likeness (QED) is 0.865. The van der Waals surface area contributed by atoms with E-state index in [1.165, 1.54) is 0 Å². The van der Waals surface area contributed by atoms with Gasteiger partial charge in [0.2, 0.25) is 0 Å². The van der Waals surface area contributed by atoms with Gasteiger partial charge in [0.1, 0.15) is 0 Å². The predicted molar refractivity (Wildman–Crippen MR) is 76.2 cm³/mol. The lowest BCUT2D eigenvalue weighted by atomic mass is 10.3. The Hall–Kier alpha value is -0.880. The Bertz CT molecular complexity index is 509. The molecule has 0 aromatic heterocycles. The van der Waals surface area contributed by atoms with Crippen molar-refractivity contribution in [2.45, 2.75) is 24.0 Å². The Kier molecular flexibility index (Phi) is 5.34. The zero-order valence-corrected chi connectivity index (χ0v) is 12.5. The van der Waals surface area contributed by atoms with Gasteiger partial charge in [0.25, 0.3) is 0 Å². The third-order valence-corrected chi connectivity index (χ3v) is 5.80. The summed E-state index contributed by atoms with van der Waals surface area (Å²) in [6.45, 7) is 4.13. The molecule has 0 saturated heterocycles. The van der Waals surface area contributed by atoms with Crippen molar-refractivity contribution in [3.8, 4) is 0 Å². The van der Waals surface area contributed by atoms with Crippen LogP contribution >= 0.6 is 0 Å². The minimum Gasteiger partial charge on any atom is -0.384 e. The van der Waals surface area contributed by atoms with Crippen molar-refractivity contribution in [2.75, 3.05) is 23.9 Å². The highest BCUT2D eigenvalue weighted by Crippen LogP contribution is 2.15. The smallest absolute Gasteiger partial charge is 0.178 e. The van der Waals surface area contributed by atoms with E-state index in [0.717, 1.165) is 5.69 Å². The Balaban J connectivity index is 2.70. The van der Waals surface area contributed by atoms with Crippen LogP contribution in [-0.2, 0) is 20.6 Å². The summed E-state index contributed by atoms with van der Waals surface area (Å²) in [7, 11) is -4.00. The van der Waals surface area contributed by atoms with E-state index >= 15 is 0 Å². The van der Waals surface area contributed by atoms with Gasteiger partial charge in [-0.05, 0) is 31.2 Å². The summed E-state index contributed by atoms with van der Waals surface area (Å²) in [5.41, 5.74) is 0.836. The minimum absolute atomic E-state index is 0.0593. The van der Waals surface area contributed by atoms with Gasteiger partial charge in [0, 0.05) is 34.5 Å². The third-order valence-electron chi connectivity index (χ3n) is 2.75. The fourth-order valence-corrected chi connectivity index (χ4v) is 2.53. The van der Waals surface area contributed by atoms with Crippen molar-refractivity contribution in [1.29, 1.82) is 0 Å². The lowest BCUT2D eigenvalue weighted by molar-refractivity contribution is 0.597. The summed E-state index contributed by atoms with van der Waals surface area (Å²) in [5, 5.41) is 3.19. The Morgan fingerprint density at radius 2 is 1.83 bits per heavy atom. The van der Waals surface area contributed by atoms with E-state index in [1.807, 2.05) is 6.92 Å². The summed E-state index contributed by atoms with van der Waals surface area (Å²) in [5.74, 6) is 0.103. The number of benzene rings is 1. The largest absolute Gasteiger partial charge is 0.384 e. The first-order valence-electron chi connectivity index (χ1n) is 5.75. The maximum Gasteiger partial charge on any atom is 0.178 e. The topological polar surface area (TPSA) is 63.2 Å². The summed E-state index contributed by atoms with van der Waals surface area (Å²) in [4.78, 5) is 0.336. The summed E-state index contributed by atoms with van der Waals surface area (Å²) in [6, 6.07) is 6.64. The van der Waals surface area contributed by atoms with E-state index in [-0.39, 0.29) is 11.0 Å². The highest BCUT2D eigenvalue weighted by molar-refractivity contribution is 7.91. The van der Waals surface area contributed by atoms with Crippen LogP contribution in [0.1, 0.15) is 13.8 Å². The molecule has 4 nitrogen and oxygen atoms in total. The fraction of sp³-hybridized carbons (Fsp3) is 0.500. The van der Waals surface area contributed by atoms with E-state index < -0.39 is 20.6 Å². The first-order chi connectivity index (χ1) is 8.36. The number of nitrogens with one attached hydrogen (secondary N) is 1. The van der Waals surface area contributed by atoms with Crippen LogP contribution in [-0.4, -0.2) is 36.4 Å². The highest BCUT2D eigenvalue weighted by Gasteiger charge is 2.11. The first kappa shape index (κ1) is 15.2. The van der Waals surface area contributed by atoms with Gasteiger partial charge in [-0.25, -0.2) is 8.42 Å². The molecule has 0 amide bonds. The Morgan fingerprint density at radius 1 is 1.28 bits per heavy atom. The molecule has 1 N–H and O–H groups in total. The van der Waals surface area contributed by atoms with Gasteiger partial charge in [0.15, 0.2) is 9.84 Å². The standard InChI is InChI=1S/C12H19NO3S2/c1-4-18(15,16)12-7-5-11(6-8-12)13-9-10(2)17(3)14/h5-8,10,13H,4,9H2,1-3H3. The van der Waals surface area contributed by atoms with Crippen LogP contribution in [0.15, 0.2) is 29.2 Å². The molecule has 0 fully saturated rings. The molecule has 0 spiro atoms. The van der Waals surface area contributed by atoms with Crippen molar-refractivity contribution >= 4 is 26.3 Å². The lowest BCUT2D eigenvalue weighted by Gasteiger charge is -2.11. The molecule has 2 unspecified atom stereocenters. The van der Waals surface area contributed by atoms with Crippen LogP contribution in [0.4, 0.5) is 5.69 Å². The molecule has 0 aliphatic rings. The first-order valence-corrected chi connectivity index (χ1v) is 9.03. The number of rotatable bonds is 6. The molecule has 0 radical (unpaired) electrons. The highest BCUT2D eigenvalue weighted by atomic mass is 32.2. The summed E-state index contributed by atoms with van der Waals surface area (Å²) in [6.07, 6.45) is 1.67. The second kappa shape index (κ2) is 6.33. The molecular weight excluding hydrogens is 270 g/mol. The SMILES string of the molecule is CCS(=O)(=O)c1ccc(NCC(C)S(C)=O)cc1. The molecule has 0 aliphatic carbocycles. The fourth-order valence-electron chi connectivity index (χ4n) is 1.33. The summed E-state index contributed by atoms with van der Waals surface area (Å²) >= 11 is 0. The van der Waals surface area contributed by atoms with E-state index in [9.17, 15) is 12.6 Å². The molecule has 1 aromatic rings. The number of hydrogen-bond acceptors (Lipinski definition) is 4. The second-order valence-electron chi connectivity index (χ2n) is 4.12. The van der Waals surface area contributed by atoms with Crippen LogP contribution in [0.5, 0.6) is 0 Å². The maximum absolute atomic E-state index is 11.6. The van der Waals surface area contributed by atoms with Gasteiger partial charge < -0.3 is 5.32 Å². The van der Waals surface area contributed by atoms with Gasteiger partial charge >= 0.3 is 0 Å². The molecular formula is C12H19NO3S2. The zero-order valence-electron chi connectivity index (χ0n) is 10.8. The molecule has 0 bridgehead atoms. The van der Waals surface area contributed by atoms with Crippen LogP contribution in [0.25, 0.3) is 0 Å². The molecule has 6 heteroatoms. The van der Waals surface area contributed by atoms with Gasteiger partial charge in [-0.2, -0.15) is 0 Å². The summed E-state index contributed by atoms with van der Waals surface area (Å²) < 4.78 is 34.4. The monoisotopic (exact) mass is 289 g/mol.